The first kappa shape index (κ1) is 21.6. The summed E-state index contributed by atoms with van der Waals surface area (Å²) in [5, 5.41) is 10.0. The van der Waals surface area contributed by atoms with Crippen molar-refractivity contribution in [2.24, 2.45) is 10.7 Å². The molecule has 3 N–H and O–H groups in total. The zero-order valence-corrected chi connectivity index (χ0v) is 20.4. The van der Waals surface area contributed by atoms with Gasteiger partial charge in [-0.1, -0.05) is 47.6 Å². The minimum absolute atomic E-state index is 0.0157. The average Bonchev–Trinajstić information content (AvgIpc) is 2.92. The maximum Gasteiger partial charge on any atom is 0.154 e. The van der Waals surface area contributed by atoms with E-state index < -0.39 is 0 Å². The van der Waals surface area contributed by atoms with Crippen LogP contribution in [0.15, 0.2) is 51.9 Å². The second kappa shape index (κ2) is 7.20. The molecule has 1 aliphatic heterocycles. The Balaban J connectivity index is 1.80. The summed E-state index contributed by atoms with van der Waals surface area (Å²) in [6.45, 7) is 13.3. The van der Waals surface area contributed by atoms with Crippen molar-refractivity contribution in [3.8, 4) is 11.5 Å². The Morgan fingerprint density at radius 3 is 1.94 bits per heavy atom. The largest absolute Gasteiger partial charge is 0.456 e. The summed E-state index contributed by atoms with van der Waals surface area (Å²) in [5.74, 6) is 2.16. The SMILES string of the molecule is CC(C)(C)c1cc(Oc2cc3cc4c(cc3cc2Br)C(=N)N=C4N)cc(C(C)(C)C)c1. The van der Waals surface area contributed by atoms with Crippen LogP contribution < -0.4 is 10.5 Å². The lowest BCUT2D eigenvalue weighted by Crippen LogP contribution is -2.16. The Morgan fingerprint density at radius 2 is 1.35 bits per heavy atom. The summed E-state index contributed by atoms with van der Waals surface area (Å²) in [5.41, 5.74) is 10.1. The second-order valence-electron chi connectivity index (χ2n) is 10.2. The van der Waals surface area contributed by atoms with Gasteiger partial charge in [-0.2, -0.15) is 0 Å². The van der Waals surface area contributed by atoms with Crippen LogP contribution in [0.5, 0.6) is 11.5 Å². The van der Waals surface area contributed by atoms with Gasteiger partial charge in [0.2, 0.25) is 0 Å². The molecule has 0 bridgehead atoms. The van der Waals surface area contributed by atoms with Crippen LogP contribution >= 0.6 is 15.9 Å². The van der Waals surface area contributed by atoms with Gasteiger partial charge in [0.25, 0.3) is 0 Å². The summed E-state index contributed by atoms with van der Waals surface area (Å²) < 4.78 is 7.26. The monoisotopic (exact) mass is 477 g/mol. The third kappa shape index (κ3) is 4.11. The number of hydrogen-bond acceptors (Lipinski definition) is 3. The lowest BCUT2D eigenvalue weighted by atomic mass is 9.80. The molecule has 0 spiro atoms. The van der Waals surface area contributed by atoms with Crippen molar-refractivity contribution in [1.82, 2.24) is 0 Å². The van der Waals surface area contributed by atoms with E-state index in [2.05, 4.69) is 80.7 Å². The van der Waals surface area contributed by atoms with Crippen LogP contribution in [0, 0.1) is 5.41 Å². The number of ether oxygens (including phenoxy) is 1. The fraction of sp³-hybridized carbons (Fsp3) is 0.308. The molecule has 0 unspecified atom stereocenters. The minimum atomic E-state index is 0.0157. The van der Waals surface area contributed by atoms with Crippen molar-refractivity contribution in [3.63, 3.8) is 0 Å². The molecule has 0 fully saturated rings. The van der Waals surface area contributed by atoms with Gasteiger partial charge in [-0.3, -0.25) is 5.41 Å². The zero-order valence-electron chi connectivity index (χ0n) is 18.9. The molecule has 0 radical (unpaired) electrons. The maximum absolute atomic E-state index is 8.02. The number of halogens is 1. The summed E-state index contributed by atoms with van der Waals surface area (Å²) >= 11 is 3.67. The van der Waals surface area contributed by atoms with Crippen LogP contribution in [0.2, 0.25) is 0 Å². The molecule has 1 aliphatic rings. The summed E-state index contributed by atoms with van der Waals surface area (Å²) in [6.07, 6.45) is 0. The molecule has 1 heterocycles. The Labute approximate surface area is 192 Å². The predicted octanol–water partition coefficient (Wildman–Crippen LogP) is 7.03. The van der Waals surface area contributed by atoms with Crippen molar-refractivity contribution in [2.75, 3.05) is 0 Å². The lowest BCUT2D eigenvalue weighted by molar-refractivity contribution is 0.471. The molecule has 31 heavy (non-hydrogen) atoms. The van der Waals surface area contributed by atoms with Gasteiger partial charge in [0.05, 0.1) is 4.47 Å². The van der Waals surface area contributed by atoms with Crippen LogP contribution in [-0.4, -0.2) is 11.7 Å². The first-order valence-electron chi connectivity index (χ1n) is 10.4. The number of rotatable bonds is 2. The molecule has 0 saturated carbocycles. The molecule has 0 amide bonds. The van der Waals surface area contributed by atoms with Gasteiger partial charge in [0.15, 0.2) is 5.84 Å². The standard InChI is InChI=1S/C26H28BrN3O/c1-25(2,3)16-11-17(26(4,5)6)13-18(12-16)31-22-10-15-8-20-19(23(28)30-24(20)29)7-14(15)9-21(22)27/h7-13H,1-6H3,(H3,28,29,30). The third-order valence-electron chi connectivity index (χ3n) is 5.66. The average molecular weight is 478 g/mol. The van der Waals surface area contributed by atoms with Crippen LogP contribution in [0.3, 0.4) is 0 Å². The smallest absolute Gasteiger partial charge is 0.154 e. The van der Waals surface area contributed by atoms with E-state index in [0.717, 1.165) is 37.9 Å². The number of amidine groups is 2. The van der Waals surface area contributed by atoms with Gasteiger partial charge in [-0.05, 0) is 85.1 Å². The fourth-order valence-corrected chi connectivity index (χ4v) is 4.12. The molecule has 0 aromatic heterocycles. The van der Waals surface area contributed by atoms with E-state index in [1.807, 2.05) is 24.3 Å². The topological polar surface area (TPSA) is 71.5 Å². The molecule has 4 nitrogen and oxygen atoms in total. The predicted molar refractivity (Wildman–Crippen MR) is 133 cm³/mol. The highest BCUT2D eigenvalue weighted by molar-refractivity contribution is 9.10. The first-order valence-corrected chi connectivity index (χ1v) is 11.2. The number of nitrogens with one attached hydrogen (secondary N) is 1. The van der Waals surface area contributed by atoms with Crippen molar-refractivity contribution in [1.29, 1.82) is 5.41 Å². The van der Waals surface area contributed by atoms with Gasteiger partial charge in [-0.25, -0.2) is 4.99 Å². The van der Waals surface area contributed by atoms with Crippen molar-refractivity contribution >= 4 is 38.4 Å². The third-order valence-corrected chi connectivity index (χ3v) is 6.28. The molecular formula is C26H28BrN3O. The highest BCUT2D eigenvalue weighted by atomic mass is 79.9. The van der Waals surface area contributed by atoms with E-state index in [9.17, 15) is 0 Å². The normalized spacial score (nSPS) is 14.0. The quantitative estimate of drug-likeness (QED) is 0.415. The highest BCUT2D eigenvalue weighted by Crippen LogP contribution is 2.38. The van der Waals surface area contributed by atoms with Crippen LogP contribution in [-0.2, 0) is 10.8 Å². The molecular weight excluding hydrogens is 450 g/mol. The van der Waals surface area contributed by atoms with Crippen LogP contribution in [0.4, 0.5) is 0 Å². The van der Waals surface area contributed by atoms with Gasteiger partial charge in [0, 0.05) is 11.1 Å². The maximum atomic E-state index is 8.02. The molecule has 4 rings (SSSR count). The number of nitrogens with zero attached hydrogens (tertiary/aromatic N) is 1. The fourth-order valence-electron chi connectivity index (χ4n) is 3.68. The van der Waals surface area contributed by atoms with E-state index in [-0.39, 0.29) is 16.7 Å². The van der Waals surface area contributed by atoms with E-state index in [0.29, 0.717) is 5.84 Å². The van der Waals surface area contributed by atoms with Crippen LogP contribution in [0.1, 0.15) is 63.8 Å². The zero-order chi connectivity index (χ0) is 22.7. The molecule has 0 atom stereocenters. The number of nitrogens with two attached hydrogens (primary N) is 1. The highest BCUT2D eigenvalue weighted by Gasteiger charge is 2.22. The summed E-state index contributed by atoms with van der Waals surface area (Å²) in [7, 11) is 0. The Kier molecular flexibility index (Phi) is 5.01. The van der Waals surface area contributed by atoms with E-state index in [1.165, 1.54) is 11.1 Å². The second-order valence-corrected chi connectivity index (χ2v) is 11.1. The summed E-state index contributed by atoms with van der Waals surface area (Å²) in [4.78, 5) is 4.09. The Bertz CT molecular complexity index is 1230. The van der Waals surface area contributed by atoms with E-state index >= 15 is 0 Å². The number of aliphatic imine (C=N–C) groups is 1. The van der Waals surface area contributed by atoms with Crippen molar-refractivity contribution in [3.05, 3.63) is 69.2 Å². The summed E-state index contributed by atoms with van der Waals surface area (Å²) in [6, 6.07) is 14.5. The van der Waals surface area contributed by atoms with Crippen LogP contribution in [0.25, 0.3) is 10.8 Å². The molecule has 160 valence electrons. The van der Waals surface area contributed by atoms with Gasteiger partial charge in [0.1, 0.15) is 17.3 Å². The van der Waals surface area contributed by atoms with Crippen molar-refractivity contribution in [2.45, 2.75) is 52.4 Å². The first-order chi connectivity index (χ1) is 14.3. The number of benzene rings is 3. The Morgan fingerprint density at radius 1 is 0.806 bits per heavy atom. The van der Waals surface area contributed by atoms with Gasteiger partial charge >= 0.3 is 0 Å². The van der Waals surface area contributed by atoms with E-state index in [1.54, 1.807) is 0 Å². The number of fused-ring (bicyclic) bond motifs is 2. The molecule has 5 heteroatoms. The number of hydrogen-bond donors (Lipinski definition) is 2. The van der Waals surface area contributed by atoms with Gasteiger partial charge < -0.3 is 10.5 Å². The van der Waals surface area contributed by atoms with Crippen molar-refractivity contribution < 1.29 is 4.74 Å². The molecule has 3 aromatic carbocycles. The molecule has 0 saturated heterocycles. The molecule has 3 aromatic rings. The molecule has 0 aliphatic carbocycles. The lowest BCUT2D eigenvalue weighted by Gasteiger charge is -2.26. The minimum Gasteiger partial charge on any atom is -0.456 e. The van der Waals surface area contributed by atoms with E-state index in [4.69, 9.17) is 15.9 Å². The Hall–Kier alpha value is -2.66. The van der Waals surface area contributed by atoms with Gasteiger partial charge in [-0.15, -0.1) is 0 Å².